The Morgan fingerprint density at radius 3 is 1.70 bits per heavy atom. The van der Waals surface area contributed by atoms with Crippen LogP contribution in [0.1, 0.15) is 27.7 Å². The van der Waals surface area contributed by atoms with Crippen molar-refractivity contribution in [2.75, 3.05) is 20.6 Å². The Kier molecular flexibility index (Phi) is 3.37. The van der Waals surface area contributed by atoms with Crippen molar-refractivity contribution in [2.45, 2.75) is 27.7 Å². The largest absolute Gasteiger partial charge is 0.309 e. The standard InChI is InChI=1S/C9H21N/c1-8(2)9(3,4)7-10(5)6/h8H,7H2,1-6H3. The first-order chi connectivity index (χ1) is 4.36. The quantitative estimate of drug-likeness (QED) is 0.585. The molecule has 0 aliphatic rings. The highest BCUT2D eigenvalue weighted by atomic mass is 15.1. The van der Waals surface area contributed by atoms with Gasteiger partial charge in [-0.25, -0.2) is 0 Å². The average Bonchev–Trinajstić information content (AvgIpc) is 1.60. The van der Waals surface area contributed by atoms with Crippen LogP contribution < -0.4 is 0 Å². The molecule has 0 aromatic rings. The number of hydrogen-bond donors (Lipinski definition) is 0. The van der Waals surface area contributed by atoms with Crippen molar-refractivity contribution in [3.63, 3.8) is 0 Å². The van der Waals surface area contributed by atoms with E-state index in [4.69, 9.17) is 0 Å². The first kappa shape index (κ1) is 9.96. The lowest BCUT2D eigenvalue weighted by atomic mass is 9.81. The minimum absolute atomic E-state index is 0.448. The summed E-state index contributed by atoms with van der Waals surface area (Å²) in [5, 5.41) is 0. The Hall–Kier alpha value is -0.0400. The fraction of sp³-hybridized carbons (Fsp3) is 1.00. The molecule has 1 heteroatoms. The molecule has 1 nitrogen and oxygen atoms in total. The number of rotatable bonds is 3. The van der Waals surface area contributed by atoms with Gasteiger partial charge in [-0.3, -0.25) is 0 Å². The Morgan fingerprint density at radius 2 is 1.60 bits per heavy atom. The molecule has 0 saturated carbocycles. The van der Waals surface area contributed by atoms with E-state index in [1.54, 1.807) is 0 Å². The van der Waals surface area contributed by atoms with Crippen LogP contribution in [0.3, 0.4) is 0 Å². The van der Waals surface area contributed by atoms with Gasteiger partial charge in [0, 0.05) is 6.54 Å². The third-order valence-corrected chi connectivity index (χ3v) is 2.29. The topological polar surface area (TPSA) is 3.24 Å². The van der Waals surface area contributed by atoms with Crippen molar-refractivity contribution in [2.24, 2.45) is 11.3 Å². The van der Waals surface area contributed by atoms with Gasteiger partial charge in [0.25, 0.3) is 0 Å². The molecule has 0 heterocycles. The third-order valence-electron chi connectivity index (χ3n) is 2.29. The van der Waals surface area contributed by atoms with Crippen molar-refractivity contribution >= 4 is 0 Å². The van der Waals surface area contributed by atoms with Gasteiger partial charge in [-0.05, 0) is 25.4 Å². The van der Waals surface area contributed by atoms with E-state index in [2.05, 4.69) is 46.7 Å². The van der Waals surface area contributed by atoms with Gasteiger partial charge < -0.3 is 4.90 Å². The third kappa shape index (κ3) is 3.21. The van der Waals surface area contributed by atoms with Crippen molar-refractivity contribution < 1.29 is 0 Å². The van der Waals surface area contributed by atoms with Crippen LogP contribution in [0, 0.1) is 11.3 Å². The van der Waals surface area contributed by atoms with Crippen molar-refractivity contribution in [3.8, 4) is 0 Å². The molecule has 0 aliphatic heterocycles. The highest BCUT2D eigenvalue weighted by Crippen LogP contribution is 2.25. The highest BCUT2D eigenvalue weighted by Gasteiger charge is 2.22. The molecule has 0 atom stereocenters. The van der Waals surface area contributed by atoms with Crippen LogP contribution in [-0.4, -0.2) is 25.5 Å². The lowest BCUT2D eigenvalue weighted by Gasteiger charge is -2.32. The van der Waals surface area contributed by atoms with Crippen LogP contribution in [0.25, 0.3) is 0 Å². The summed E-state index contributed by atoms with van der Waals surface area (Å²) in [5.41, 5.74) is 0.448. The average molecular weight is 143 g/mol. The fourth-order valence-corrected chi connectivity index (χ4v) is 0.998. The molecule has 0 amide bonds. The van der Waals surface area contributed by atoms with E-state index >= 15 is 0 Å². The maximum absolute atomic E-state index is 2.32. The van der Waals surface area contributed by atoms with Gasteiger partial charge in [0.15, 0.2) is 0 Å². The number of nitrogens with zero attached hydrogens (tertiary/aromatic N) is 1. The first-order valence-electron chi connectivity index (χ1n) is 4.01. The summed E-state index contributed by atoms with van der Waals surface area (Å²) in [6.45, 7) is 10.4. The Labute approximate surface area is 65.4 Å². The molecule has 0 aliphatic carbocycles. The molecule has 0 saturated heterocycles. The van der Waals surface area contributed by atoms with E-state index in [0.717, 1.165) is 5.92 Å². The summed E-state index contributed by atoms with van der Waals surface area (Å²) in [4.78, 5) is 2.25. The molecule has 0 aromatic heterocycles. The van der Waals surface area contributed by atoms with E-state index in [1.807, 2.05) is 0 Å². The molecule has 0 unspecified atom stereocenters. The Morgan fingerprint density at radius 1 is 1.20 bits per heavy atom. The molecule has 10 heavy (non-hydrogen) atoms. The van der Waals surface area contributed by atoms with E-state index in [0.29, 0.717) is 5.41 Å². The van der Waals surface area contributed by atoms with Crippen molar-refractivity contribution in [3.05, 3.63) is 0 Å². The van der Waals surface area contributed by atoms with Crippen LogP contribution in [0.5, 0.6) is 0 Å². The first-order valence-corrected chi connectivity index (χ1v) is 4.01. The van der Waals surface area contributed by atoms with Crippen LogP contribution in [0.4, 0.5) is 0 Å². The molecule has 0 spiro atoms. The molecule has 62 valence electrons. The molecule has 0 fully saturated rings. The summed E-state index contributed by atoms with van der Waals surface area (Å²) >= 11 is 0. The van der Waals surface area contributed by atoms with Crippen LogP contribution in [-0.2, 0) is 0 Å². The fourth-order valence-electron chi connectivity index (χ4n) is 0.998. The monoisotopic (exact) mass is 143 g/mol. The molecule has 0 N–H and O–H groups in total. The summed E-state index contributed by atoms with van der Waals surface area (Å²) in [6.07, 6.45) is 0. The van der Waals surface area contributed by atoms with Crippen LogP contribution >= 0.6 is 0 Å². The van der Waals surface area contributed by atoms with Gasteiger partial charge in [-0.1, -0.05) is 27.7 Å². The molecular formula is C9H21N. The summed E-state index contributed by atoms with van der Waals surface area (Å²) in [5.74, 6) is 0.759. The van der Waals surface area contributed by atoms with Crippen molar-refractivity contribution in [1.82, 2.24) is 4.90 Å². The molecule has 0 radical (unpaired) electrons. The Bertz CT molecular complexity index is 92.9. The lowest BCUT2D eigenvalue weighted by molar-refractivity contribution is 0.175. The van der Waals surface area contributed by atoms with E-state index in [-0.39, 0.29) is 0 Å². The normalized spacial score (nSPS) is 13.2. The Balaban J connectivity index is 3.87. The molecule has 0 rings (SSSR count). The van der Waals surface area contributed by atoms with Gasteiger partial charge in [0.2, 0.25) is 0 Å². The number of hydrogen-bond acceptors (Lipinski definition) is 1. The zero-order valence-electron chi connectivity index (χ0n) is 8.23. The van der Waals surface area contributed by atoms with Crippen LogP contribution in [0.2, 0.25) is 0 Å². The van der Waals surface area contributed by atoms with Crippen LogP contribution in [0.15, 0.2) is 0 Å². The smallest absolute Gasteiger partial charge is 0.00290 e. The molecule has 0 bridgehead atoms. The second-order valence-corrected chi connectivity index (χ2v) is 4.38. The summed E-state index contributed by atoms with van der Waals surface area (Å²) in [6, 6.07) is 0. The lowest BCUT2D eigenvalue weighted by Crippen LogP contribution is -2.32. The van der Waals surface area contributed by atoms with Gasteiger partial charge in [-0.2, -0.15) is 0 Å². The van der Waals surface area contributed by atoms with Gasteiger partial charge in [0.1, 0.15) is 0 Å². The predicted octanol–water partition coefficient (Wildman–Crippen LogP) is 2.23. The van der Waals surface area contributed by atoms with Crippen molar-refractivity contribution in [1.29, 1.82) is 0 Å². The van der Waals surface area contributed by atoms with E-state index in [1.165, 1.54) is 6.54 Å². The zero-order chi connectivity index (χ0) is 8.36. The minimum Gasteiger partial charge on any atom is -0.309 e. The highest BCUT2D eigenvalue weighted by molar-refractivity contribution is 4.74. The SMILES string of the molecule is CC(C)C(C)(C)CN(C)C. The molecular weight excluding hydrogens is 122 g/mol. The van der Waals surface area contributed by atoms with E-state index < -0.39 is 0 Å². The summed E-state index contributed by atoms with van der Waals surface area (Å²) < 4.78 is 0. The molecule has 0 aromatic carbocycles. The summed E-state index contributed by atoms with van der Waals surface area (Å²) in [7, 11) is 4.26. The maximum Gasteiger partial charge on any atom is 0.00290 e. The van der Waals surface area contributed by atoms with E-state index in [9.17, 15) is 0 Å². The maximum atomic E-state index is 2.32. The zero-order valence-corrected chi connectivity index (χ0v) is 8.23. The minimum atomic E-state index is 0.448. The van der Waals surface area contributed by atoms with Gasteiger partial charge >= 0.3 is 0 Å². The second-order valence-electron chi connectivity index (χ2n) is 4.38. The van der Waals surface area contributed by atoms with Gasteiger partial charge in [0.05, 0.1) is 0 Å². The second kappa shape index (κ2) is 3.38. The predicted molar refractivity (Wildman–Crippen MR) is 47.2 cm³/mol. The van der Waals surface area contributed by atoms with Gasteiger partial charge in [-0.15, -0.1) is 0 Å².